The standard InChI is InChI=1S/C41H30N4.C2H6/c42-40(34-20-12-19-32-31-17-6-9-22-36(31)45(41(32)34)29-14-2-1-3-15-29)38-23-10-11-26-43(38)27-44-35-21-8-7-18-33(35)39-30-16-5-4-13-28(30)24-25-37(39)44;1-2/h1-26H,27,42H2;1-2H3/b40-38-;. The third kappa shape index (κ3) is 4.52. The van der Waals surface area contributed by atoms with Gasteiger partial charge in [-0.3, -0.25) is 0 Å². The van der Waals surface area contributed by atoms with Crippen LogP contribution < -0.4 is 5.73 Å². The van der Waals surface area contributed by atoms with Gasteiger partial charge in [-0.15, -0.1) is 0 Å². The highest BCUT2D eigenvalue weighted by Gasteiger charge is 2.21. The molecule has 0 atom stereocenters. The number of para-hydroxylation sites is 4. The second kappa shape index (κ2) is 11.7. The number of allylic oxidation sites excluding steroid dienone is 3. The Bertz CT molecular complexity index is 2520. The molecule has 4 nitrogen and oxygen atoms in total. The van der Waals surface area contributed by atoms with Crippen LogP contribution in [0.4, 0.5) is 0 Å². The van der Waals surface area contributed by atoms with Crippen LogP contribution in [0, 0.1) is 0 Å². The zero-order chi connectivity index (χ0) is 31.9. The molecule has 3 heterocycles. The molecule has 0 amide bonds. The highest BCUT2D eigenvalue weighted by atomic mass is 15.3. The lowest BCUT2D eigenvalue weighted by atomic mass is 10.0. The number of hydrogen-bond acceptors (Lipinski definition) is 2. The molecule has 0 spiro atoms. The Labute approximate surface area is 274 Å². The van der Waals surface area contributed by atoms with Crippen molar-refractivity contribution in [2.24, 2.45) is 5.73 Å². The van der Waals surface area contributed by atoms with Crippen LogP contribution in [0.3, 0.4) is 0 Å². The molecule has 228 valence electrons. The van der Waals surface area contributed by atoms with Crippen LogP contribution in [0.25, 0.3) is 65.8 Å². The van der Waals surface area contributed by atoms with Crippen molar-refractivity contribution in [1.29, 1.82) is 0 Å². The number of hydrogen-bond donors (Lipinski definition) is 1. The summed E-state index contributed by atoms with van der Waals surface area (Å²) in [5.41, 5.74) is 15.8. The molecule has 6 aromatic carbocycles. The van der Waals surface area contributed by atoms with Crippen molar-refractivity contribution in [1.82, 2.24) is 14.0 Å². The van der Waals surface area contributed by atoms with E-state index in [1.54, 1.807) is 0 Å². The molecular formula is C43H36N4. The van der Waals surface area contributed by atoms with E-state index in [0.29, 0.717) is 6.67 Å². The first kappa shape index (κ1) is 28.5. The number of nitrogens with zero attached hydrogens (tertiary/aromatic N) is 3. The average Bonchev–Trinajstić information content (AvgIpc) is 3.66. The van der Waals surface area contributed by atoms with Gasteiger partial charge in [0.1, 0.15) is 0 Å². The lowest BCUT2D eigenvalue weighted by molar-refractivity contribution is 0.395. The molecule has 2 N–H and O–H groups in total. The zero-order valence-electron chi connectivity index (χ0n) is 26.6. The molecule has 0 aliphatic carbocycles. The van der Waals surface area contributed by atoms with Crippen molar-refractivity contribution in [2.45, 2.75) is 20.5 Å². The van der Waals surface area contributed by atoms with Crippen molar-refractivity contribution in [3.05, 3.63) is 169 Å². The molecule has 0 saturated heterocycles. The van der Waals surface area contributed by atoms with Crippen molar-refractivity contribution in [2.75, 3.05) is 0 Å². The summed E-state index contributed by atoms with van der Waals surface area (Å²) in [6, 6.07) is 47.5. The average molecular weight is 609 g/mol. The van der Waals surface area contributed by atoms with Gasteiger partial charge >= 0.3 is 0 Å². The Morgan fingerprint density at radius 1 is 0.574 bits per heavy atom. The van der Waals surface area contributed by atoms with E-state index in [2.05, 4.69) is 172 Å². The Morgan fingerprint density at radius 3 is 2.09 bits per heavy atom. The minimum absolute atomic E-state index is 0.622. The third-order valence-electron chi connectivity index (χ3n) is 9.17. The molecule has 1 aliphatic heterocycles. The number of benzene rings is 6. The summed E-state index contributed by atoms with van der Waals surface area (Å²) < 4.78 is 4.76. The highest BCUT2D eigenvalue weighted by Crippen LogP contribution is 2.38. The van der Waals surface area contributed by atoms with E-state index in [0.717, 1.165) is 33.7 Å². The van der Waals surface area contributed by atoms with Gasteiger partial charge in [-0.1, -0.05) is 123 Å². The first-order valence-electron chi connectivity index (χ1n) is 16.4. The van der Waals surface area contributed by atoms with Crippen LogP contribution >= 0.6 is 0 Å². The molecule has 0 bridgehead atoms. The maximum atomic E-state index is 7.25. The van der Waals surface area contributed by atoms with Gasteiger partial charge in [0.15, 0.2) is 0 Å². The topological polar surface area (TPSA) is 39.1 Å². The summed E-state index contributed by atoms with van der Waals surface area (Å²) in [5.74, 6) is 0. The molecule has 0 fully saturated rings. The van der Waals surface area contributed by atoms with Gasteiger partial charge in [0, 0.05) is 39.0 Å². The van der Waals surface area contributed by atoms with Crippen molar-refractivity contribution in [3.63, 3.8) is 0 Å². The summed E-state index contributed by atoms with van der Waals surface area (Å²) in [6.45, 7) is 4.62. The van der Waals surface area contributed by atoms with Crippen LogP contribution in [0.2, 0.25) is 0 Å². The largest absolute Gasteiger partial charge is 0.396 e. The second-order valence-electron chi connectivity index (χ2n) is 11.6. The quantitative estimate of drug-likeness (QED) is 0.216. The van der Waals surface area contributed by atoms with E-state index in [4.69, 9.17) is 5.73 Å². The number of rotatable bonds is 4. The maximum absolute atomic E-state index is 7.25. The fourth-order valence-corrected chi connectivity index (χ4v) is 7.19. The minimum atomic E-state index is 0.622. The lowest BCUT2D eigenvalue weighted by Crippen LogP contribution is -2.23. The van der Waals surface area contributed by atoms with Gasteiger partial charge in [0.05, 0.1) is 40.1 Å². The fourth-order valence-electron chi connectivity index (χ4n) is 7.19. The summed E-state index contributed by atoms with van der Waals surface area (Å²) in [5, 5.41) is 7.47. The molecular weight excluding hydrogens is 573 g/mol. The fraction of sp³-hybridized carbons (Fsp3) is 0.0698. The summed E-state index contributed by atoms with van der Waals surface area (Å²) in [7, 11) is 0. The van der Waals surface area contributed by atoms with Crippen LogP contribution in [0.1, 0.15) is 19.4 Å². The normalized spacial score (nSPS) is 14.0. The number of fused-ring (bicyclic) bond motifs is 8. The Morgan fingerprint density at radius 2 is 1.26 bits per heavy atom. The van der Waals surface area contributed by atoms with E-state index < -0.39 is 0 Å². The van der Waals surface area contributed by atoms with E-state index in [1.165, 1.54) is 43.4 Å². The Kier molecular flexibility index (Phi) is 7.11. The molecule has 0 saturated carbocycles. The predicted molar refractivity (Wildman–Crippen MR) is 200 cm³/mol. The molecule has 8 aromatic rings. The monoisotopic (exact) mass is 608 g/mol. The van der Waals surface area contributed by atoms with Crippen LogP contribution in [0.5, 0.6) is 0 Å². The molecule has 47 heavy (non-hydrogen) atoms. The van der Waals surface area contributed by atoms with Gasteiger partial charge in [-0.05, 0) is 53.3 Å². The van der Waals surface area contributed by atoms with Crippen molar-refractivity contribution in [3.8, 4) is 5.69 Å². The molecule has 9 rings (SSSR count). The Hall–Kier alpha value is -6.00. The molecule has 0 unspecified atom stereocenters. The van der Waals surface area contributed by atoms with Crippen LogP contribution in [-0.2, 0) is 6.67 Å². The zero-order valence-corrected chi connectivity index (χ0v) is 26.6. The van der Waals surface area contributed by atoms with E-state index in [-0.39, 0.29) is 0 Å². The highest BCUT2D eigenvalue weighted by molar-refractivity contribution is 6.20. The SMILES string of the molecule is CC.N/C(=C1/C=CC=CN1Cn1c2ccccc2c2c3ccccc3ccc21)c1cccc2c3ccccc3n(-c3ccccc3)c12. The summed E-state index contributed by atoms with van der Waals surface area (Å²) >= 11 is 0. The first-order chi connectivity index (χ1) is 23.3. The summed E-state index contributed by atoms with van der Waals surface area (Å²) in [4.78, 5) is 2.27. The lowest BCUT2D eigenvalue weighted by Gasteiger charge is -2.27. The smallest absolute Gasteiger partial charge is 0.0995 e. The van der Waals surface area contributed by atoms with Gasteiger partial charge in [-0.2, -0.15) is 0 Å². The molecule has 0 radical (unpaired) electrons. The second-order valence-corrected chi connectivity index (χ2v) is 11.6. The van der Waals surface area contributed by atoms with E-state index in [1.807, 2.05) is 13.8 Å². The van der Waals surface area contributed by atoms with E-state index in [9.17, 15) is 0 Å². The van der Waals surface area contributed by atoms with E-state index >= 15 is 0 Å². The predicted octanol–water partition coefficient (Wildman–Crippen LogP) is 10.7. The molecule has 2 aromatic heterocycles. The maximum Gasteiger partial charge on any atom is 0.0995 e. The summed E-state index contributed by atoms with van der Waals surface area (Å²) in [6.07, 6.45) is 8.43. The third-order valence-corrected chi connectivity index (χ3v) is 9.17. The van der Waals surface area contributed by atoms with Gasteiger partial charge in [-0.25, -0.2) is 0 Å². The van der Waals surface area contributed by atoms with Gasteiger partial charge in [0.2, 0.25) is 0 Å². The molecule has 1 aliphatic rings. The van der Waals surface area contributed by atoms with Crippen molar-refractivity contribution >= 4 is 60.1 Å². The van der Waals surface area contributed by atoms with Crippen LogP contribution in [0.15, 0.2) is 164 Å². The molecule has 4 heteroatoms. The van der Waals surface area contributed by atoms with Crippen LogP contribution in [-0.4, -0.2) is 14.0 Å². The Balaban J connectivity index is 0.00000159. The first-order valence-corrected chi connectivity index (χ1v) is 16.4. The minimum Gasteiger partial charge on any atom is -0.396 e. The van der Waals surface area contributed by atoms with Crippen molar-refractivity contribution < 1.29 is 0 Å². The van der Waals surface area contributed by atoms with Gasteiger partial charge in [0.25, 0.3) is 0 Å². The number of aromatic nitrogens is 2. The number of nitrogens with two attached hydrogens (primary N) is 1. The van der Waals surface area contributed by atoms with Gasteiger partial charge < -0.3 is 19.8 Å².